The first-order valence-electron chi connectivity index (χ1n) is 7.66. The molecule has 0 saturated carbocycles. The van der Waals surface area contributed by atoms with Gasteiger partial charge in [0.05, 0.1) is 6.54 Å². The van der Waals surface area contributed by atoms with Gasteiger partial charge in [-0.3, -0.25) is 9.69 Å². The van der Waals surface area contributed by atoms with Crippen LogP contribution in [0.25, 0.3) is 11.0 Å². The number of carbonyl (C=O) groups excluding carboxylic acids is 1. The van der Waals surface area contributed by atoms with Gasteiger partial charge >= 0.3 is 5.63 Å². The number of fused-ring (bicyclic) bond motifs is 1. The summed E-state index contributed by atoms with van der Waals surface area (Å²) < 4.78 is 5.26. The molecule has 124 valence electrons. The van der Waals surface area contributed by atoms with Gasteiger partial charge < -0.3 is 9.73 Å². The quantitative estimate of drug-likeness (QED) is 0.824. The summed E-state index contributed by atoms with van der Waals surface area (Å²) >= 11 is 6.20. The first kappa shape index (κ1) is 17.5. The Bertz CT molecular complexity index is 770. The molecular formula is C17H21ClN2O3. The largest absolute Gasteiger partial charge is 0.423 e. The van der Waals surface area contributed by atoms with Crippen LogP contribution in [0, 0.1) is 6.92 Å². The summed E-state index contributed by atoms with van der Waals surface area (Å²) in [5.74, 6) is -0.0319. The topological polar surface area (TPSA) is 62.6 Å². The standard InChI is InChI=1S/C17H21ClN2O3/c1-4-19-16(21)10-20(5-2)9-12-7-17(22)23-15-6-11(3)14(18)8-13(12)15/h6-8H,4-5,9-10H2,1-3H3,(H,19,21). The third-order valence-electron chi connectivity index (χ3n) is 3.69. The second-order valence-corrected chi connectivity index (χ2v) is 5.85. The van der Waals surface area contributed by atoms with Crippen LogP contribution >= 0.6 is 11.6 Å². The fourth-order valence-electron chi connectivity index (χ4n) is 2.46. The normalized spacial score (nSPS) is 11.2. The number of likely N-dealkylation sites (N-methyl/N-ethyl adjacent to an activating group) is 2. The molecule has 0 saturated heterocycles. The predicted molar refractivity (Wildman–Crippen MR) is 91.9 cm³/mol. The number of benzene rings is 1. The van der Waals surface area contributed by atoms with Crippen molar-refractivity contribution in [3.8, 4) is 0 Å². The second-order valence-electron chi connectivity index (χ2n) is 5.45. The van der Waals surface area contributed by atoms with E-state index in [1.165, 1.54) is 6.07 Å². The molecule has 1 N–H and O–H groups in total. The zero-order valence-corrected chi connectivity index (χ0v) is 14.4. The maximum Gasteiger partial charge on any atom is 0.336 e. The van der Waals surface area contributed by atoms with Crippen LogP contribution < -0.4 is 10.9 Å². The van der Waals surface area contributed by atoms with E-state index in [1.54, 1.807) is 6.07 Å². The summed E-state index contributed by atoms with van der Waals surface area (Å²) in [6.07, 6.45) is 0. The summed E-state index contributed by atoms with van der Waals surface area (Å²) in [6.45, 7) is 7.78. The van der Waals surface area contributed by atoms with Gasteiger partial charge in [0.1, 0.15) is 5.58 Å². The van der Waals surface area contributed by atoms with Crippen molar-refractivity contribution in [2.75, 3.05) is 19.6 Å². The fourth-order valence-corrected chi connectivity index (χ4v) is 2.62. The highest BCUT2D eigenvalue weighted by Crippen LogP contribution is 2.25. The lowest BCUT2D eigenvalue weighted by Gasteiger charge is -2.20. The molecule has 2 aromatic rings. The van der Waals surface area contributed by atoms with E-state index < -0.39 is 5.63 Å². The minimum atomic E-state index is -0.400. The number of hydrogen-bond acceptors (Lipinski definition) is 4. The van der Waals surface area contributed by atoms with Crippen molar-refractivity contribution < 1.29 is 9.21 Å². The lowest BCUT2D eigenvalue weighted by atomic mass is 10.1. The number of hydrogen-bond donors (Lipinski definition) is 1. The average Bonchev–Trinajstić information content (AvgIpc) is 2.48. The number of amides is 1. The number of carbonyl (C=O) groups is 1. The molecular weight excluding hydrogens is 316 g/mol. The lowest BCUT2D eigenvalue weighted by molar-refractivity contribution is -0.122. The zero-order chi connectivity index (χ0) is 17.0. The summed E-state index contributed by atoms with van der Waals surface area (Å²) in [6, 6.07) is 5.04. The van der Waals surface area contributed by atoms with Crippen molar-refractivity contribution in [2.45, 2.75) is 27.3 Å². The van der Waals surface area contributed by atoms with Crippen LogP contribution in [0.4, 0.5) is 0 Å². The molecule has 0 radical (unpaired) electrons. The van der Waals surface area contributed by atoms with Crippen LogP contribution in [-0.2, 0) is 11.3 Å². The Balaban J connectivity index is 2.36. The van der Waals surface area contributed by atoms with Gasteiger partial charge in [-0.2, -0.15) is 0 Å². The van der Waals surface area contributed by atoms with Crippen LogP contribution in [0.1, 0.15) is 25.0 Å². The van der Waals surface area contributed by atoms with Crippen LogP contribution in [0.15, 0.2) is 27.4 Å². The molecule has 0 unspecified atom stereocenters. The Kier molecular flexibility index (Phi) is 5.80. The fraction of sp³-hybridized carbons (Fsp3) is 0.412. The molecule has 1 heterocycles. The van der Waals surface area contributed by atoms with Crippen molar-refractivity contribution >= 4 is 28.5 Å². The molecule has 5 nitrogen and oxygen atoms in total. The minimum Gasteiger partial charge on any atom is -0.423 e. The van der Waals surface area contributed by atoms with E-state index in [-0.39, 0.29) is 12.5 Å². The van der Waals surface area contributed by atoms with E-state index in [2.05, 4.69) is 5.32 Å². The van der Waals surface area contributed by atoms with Crippen LogP contribution in [0.3, 0.4) is 0 Å². The first-order valence-corrected chi connectivity index (χ1v) is 8.04. The minimum absolute atomic E-state index is 0.0319. The van der Waals surface area contributed by atoms with Crippen LogP contribution in [-0.4, -0.2) is 30.4 Å². The molecule has 2 rings (SSSR count). The Labute approximate surface area is 140 Å². The van der Waals surface area contributed by atoms with Gasteiger partial charge in [-0.15, -0.1) is 0 Å². The molecule has 23 heavy (non-hydrogen) atoms. The van der Waals surface area contributed by atoms with E-state index in [1.807, 2.05) is 31.7 Å². The Morgan fingerprint density at radius 2 is 2.04 bits per heavy atom. The number of nitrogens with zero attached hydrogens (tertiary/aromatic N) is 1. The molecule has 6 heteroatoms. The van der Waals surface area contributed by atoms with Crippen LogP contribution in [0.5, 0.6) is 0 Å². The summed E-state index contributed by atoms with van der Waals surface area (Å²) in [7, 11) is 0. The van der Waals surface area contributed by atoms with Crippen molar-refractivity contribution in [1.29, 1.82) is 0 Å². The van der Waals surface area contributed by atoms with E-state index in [4.69, 9.17) is 16.0 Å². The maximum absolute atomic E-state index is 11.8. The summed E-state index contributed by atoms with van der Waals surface area (Å²) in [4.78, 5) is 25.5. The van der Waals surface area contributed by atoms with Gasteiger partial charge in [-0.1, -0.05) is 18.5 Å². The highest BCUT2D eigenvalue weighted by atomic mass is 35.5. The van der Waals surface area contributed by atoms with Gasteiger partial charge in [0.25, 0.3) is 0 Å². The van der Waals surface area contributed by atoms with E-state index >= 15 is 0 Å². The number of aryl methyl sites for hydroxylation is 1. The molecule has 1 aromatic heterocycles. The van der Waals surface area contributed by atoms with Gasteiger partial charge in [-0.05, 0) is 43.7 Å². The van der Waals surface area contributed by atoms with Crippen molar-refractivity contribution in [3.63, 3.8) is 0 Å². The van der Waals surface area contributed by atoms with E-state index in [0.717, 1.165) is 16.5 Å². The first-order chi connectivity index (χ1) is 10.9. The number of nitrogens with one attached hydrogen (secondary N) is 1. The van der Waals surface area contributed by atoms with Crippen molar-refractivity contribution in [1.82, 2.24) is 10.2 Å². The van der Waals surface area contributed by atoms with E-state index in [0.29, 0.717) is 30.2 Å². The molecule has 0 aliphatic rings. The molecule has 1 aromatic carbocycles. The smallest absolute Gasteiger partial charge is 0.336 e. The highest BCUT2D eigenvalue weighted by molar-refractivity contribution is 6.32. The Morgan fingerprint density at radius 3 is 2.70 bits per heavy atom. The molecule has 0 aliphatic carbocycles. The van der Waals surface area contributed by atoms with Crippen LogP contribution in [0.2, 0.25) is 5.02 Å². The van der Waals surface area contributed by atoms with Gasteiger partial charge in [-0.25, -0.2) is 4.79 Å². The monoisotopic (exact) mass is 336 g/mol. The average molecular weight is 337 g/mol. The predicted octanol–water partition coefficient (Wildman–Crippen LogP) is 2.71. The lowest BCUT2D eigenvalue weighted by Crippen LogP contribution is -2.36. The van der Waals surface area contributed by atoms with Gasteiger partial charge in [0, 0.05) is 29.6 Å². The SMILES string of the molecule is CCNC(=O)CN(CC)Cc1cc(=O)oc2cc(C)c(Cl)cc12. The zero-order valence-electron chi connectivity index (χ0n) is 13.6. The third-order valence-corrected chi connectivity index (χ3v) is 4.10. The molecule has 0 bridgehead atoms. The highest BCUT2D eigenvalue weighted by Gasteiger charge is 2.13. The Hall–Kier alpha value is -1.85. The molecule has 0 aliphatic heterocycles. The molecule has 0 atom stereocenters. The summed E-state index contributed by atoms with van der Waals surface area (Å²) in [5, 5.41) is 4.20. The van der Waals surface area contributed by atoms with Gasteiger partial charge in [0.2, 0.25) is 5.91 Å². The van der Waals surface area contributed by atoms with Crippen molar-refractivity contribution in [2.24, 2.45) is 0 Å². The number of halogens is 1. The molecule has 0 spiro atoms. The van der Waals surface area contributed by atoms with E-state index in [9.17, 15) is 9.59 Å². The molecule has 0 fully saturated rings. The molecule has 1 amide bonds. The second kappa shape index (κ2) is 7.62. The van der Waals surface area contributed by atoms with Crippen molar-refractivity contribution in [3.05, 3.63) is 44.8 Å². The van der Waals surface area contributed by atoms with Gasteiger partial charge in [0.15, 0.2) is 0 Å². The number of rotatable bonds is 6. The third kappa shape index (κ3) is 4.33. The Morgan fingerprint density at radius 1 is 1.30 bits per heavy atom. The maximum atomic E-state index is 11.8. The summed E-state index contributed by atoms with van der Waals surface area (Å²) in [5.41, 5.74) is 1.78.